The van der Waals surface area contributed by atoms with Crippen molar-refractivity contribution >= 4 is 34.5 Å². The van der Waals surface area contributed by atoms with E-state index in [0.717, 1.165) is 5.52 Å². The summed E-state index contributed by atoms with van der Waals surface area (Å²) in [6.07, 6.45) is 0.559. The molecule has 1 aliphatic rings. The third kappa shape index (κ3) is 4.05. The number of methoxy groups -OCH3 is 1. The predicted molar refractivity (Wildman–Crippen MR) is 120 cm³/mol. The molecule has 4 rings (SSSR count). The number of ether oxygens (including phenoxy) is 2. The van der Waals surface area contributed by atoms with E-state index >= 15 is 0 Å². The summed E-state index contributed by atoms with van der Waals surface area (Å²) in [6, 6.07) is 12.5. The number of anilines is 1. The number of carbonyl (C=O) groups is 2. The molecule has 0 radical (unpaired) electrons. The number of hydrogen-bond donors (Lipinski definition) is 0. The van der Waals surface area contributed by atoms with Gasteiger partial charge in [-0.1, -0.05) is 24.3 Å². The lowest BCUT2D eigenvalue weighted by molar-refractivity contribution is -0.384. The van der Waals surface area contributed by atoms with Gasteiger partial charge in [0.25, 0.3) is 5.69 Å². The second-order valence-corrected chi connectivity index (χ2v) is 7.63. The summed E-state index contributed by atoms with van der Waals surface area (Å²) in [5, 5.41) is 11.1. The van der Waals surface area contributed by atoms with Crippen LogP contribution >= 0.6 is 0 Å². The van der Waals surface area contributed by atoms with Crippen molar-refractivity contribution in [3.63, 3.8) is 0 Å². The van der Waals surface area contributed by atoms with Crippen molar-refractivity contribution < 1.29 is 24.0 Å². The van der Waals surface area contributed by atoms with E-state index in [4.69, 9.17) is 14.5 Å². The molecule has 0 saturated carbocycles. The number of nitro groups is 1. The van der Waals surface area contributed by atoms with Crippen LogP contribution in [0.5, 0.6) is 0 Å². The Balaban J connectivity index is 1.92. The molecule has 172 valence electrons. The first-order valence-electron chi connectivity index (χ1n) is 10.7. The van der Waals surface area contributed by atoms with Crippen LogP contribution in [0.15, 0.2) is 48.5 Å². The van der Waals surface area contributed by atoms with Crippen LogP contribution in [-0.2, 0) is 19.1 Å². The van der Waals surface area contributed by atoms with E-state index < -0.39 is 28.8 Å². The Labute approximate surface area is 189 Å². The van der Waals surface area contributed by atoms with Gasteiger partial charge < -0.3 is 14.0 Å². The molecule has 10 nitrogen and oxygen atoms in total. The van der Waals surface area contributed by atoms with Gasteiger partial charge in [0.1, 0.15) is 0 Å². The lowest BCUT2D eigenvalue weighted by atomic mass is 9.89. The number of benzene rings is 2. The number of hydrogen-bond acceptors (Lipinski definition) is 7. The van der Waals surface area contributed by atoms with Crippen LogP contribution < -0.4 is 4.90 Å². The van der Waals surface area contributed by atoms with Crippen LogP contribution in [0.25, 0.3) is 11.0 Å². The number of imidazole rings is 1. The molecule has 1 aliphatic heterocycles. The fourth-order valence-electron chi connectivity index (χ4n) is 4.22. The molecule has 0 N–H and O–H groups in total. The minimum absolute atomic E-state index is 0.0783. The van der Waals surface area contributed by atoms with Gasteiger partial charge in [0.05, 0.1) is 28.6 Å². The molecular weight excluding hydrogens is 428 g/mol. The number of rotatable bonds is 8. The topological polar surface area (TPSA) is 117 Å². The first-order chi connectivity index (χ1) is 16.0. The van der Waals surface area contributed by atoms with Gasteiger partial charge in [-0.2, -0.15) is 0 Å². The monoisotopic (exact) mass is 452 g/mol. The molecule has 3 aromatic rings. The Morgan fingerprint density at radius 1 is 1.18 bits per heavy atom. The van der Waals surface area contributed by atoms with E-state index in [0.29, 0.717) is 36.6 Å². The van der Waals surface area contributed by atoms with Gasteiger partial charge in [-0.25, -0.2) is 4.98 Å². The zero-order chi connectivity index (χ0) is 23.5. The molecule has 0 bridgehead atoms. The second-order valence-electron chi connectivity index (χ2n) is 7.63. The highest BCUT2D eigenvalue weighted by molar-refractivity contribution is 6.08. The van der Waals surface area contributed by atoms with E-state index in [9.17, 15) is 19.7 Å². The molecular formula is C23H24N4O6. The number of nitrogens with zero attached hydrogens (tertiary/aromatic N) is 4. The maximum Gasteiger partial charge on any atom is 0.321 e. The standard InChI is InChI=1S/C23H24N4O6/c1-3-33-22(29)19-20(15-9-11-16(12-10-15)27(30)31)26-18-8-5-4-7-17(18)24-23(26)25(21(19)28)13-6-14-32-2/h4-5,7-12,19-20H,3,6,13-14H2,1-2H3. The normalized spacial score (nSPS) is 17.8. The second kappa shape index (κ2) is 9.37. The molecule has 0 spiro atoms. The molecule has 0 aliphatic carbocycles. The molecule has 10 heteroatoms. The van der Waals surface area contributed by atoms with Crippen molar-refractivity contribution in [2.75, 3.05) is 31.8 Å². The fourth-order valence-corrected chi connectivity index (χ4v) is 4.22. The molecule has 1 amide bonds. The Hall–Kier alpha value is -3.79. The Bertz CT molecular complexity index is 1190. The van der Waals surface area contributed by atoms with Crippen molar-refractivity contribution in [1.29, 1.82) is 0 Å². The van der Waals surface area contributed by atoms with Crippen molar-refractivity contribution in [1.82, 2.24) is 9.55 Å². The average Bonchev–Trinajstić information content (AvgIpc) is 3.19. The Kier molecular flexibility index (Phi) is 6.36. The predicted octanol–water partition coefficient (Wildman–Crippen LogP) is 3.10. The Morgan fingerprint density at radius 3 is 2.58 bits per heavy atom. The van der Waals surface area contributed by atoms with E-state index in [1.165, 1.54) is 17.0 Å². The van der Waals surface area contributed by atoms with Crippen LogP contribution in [0.1, 0.15) is 24.9 Å². The number of non-ortho nitro benzene ring substituents is 1. The molecule has 1 aromatic heterocycles. The van der Waals surface area contributed by atoms with Crippen LogP contribution in [0, 0.1) is 16.0 Å². The van der Waals surface area contributed by atoms with Crippen LogP contribution in [0.2, 0.25) is 0 Å². The summed E-state index contributed by atoms with van der Waals surface area (Å²) < 4.78 is 12.3. The molecule has 2 unspecified atom stereocenters. The highest BCUT2D eigenvalue weighted by atomic mass is 16.6. The number of esters is 1. The zero-order valence-electron chi connectivity index (χ0n) is 18.3. The van der Waals surface area contributed by atoms with Gasteiger partial charge in [-0.15, -0.1) is 0 Å². The molecule has 2 heterocycles. The van der Waals surface area contributed by atoms with Gasteiger partial charge in [-0.3, -0.25) is 24.6 Å². The van der Waals surface area contributed by atoms with E-state index in [2.05, 4.69) is 0 Å². The van der Waals surface area contributed by atoms with Gasteiger partial charge in [0.15, 0.2) is 5.92 Å². The molecule has 33 heavy (non-hydrogen) atoms. The first kappa shape index (κ1) is 22.4. The van der Waals surface area contributed by atoms with E-state index in [1.54, 1.807) is 26.2 Å². The van der Waals surface area contributed by atoms with E-state index in [-0.39, 0.29) is 12.3 Å². The first-order valence-corrected chi connectivity index (χ1v) is 10.7. The summed E-state index contributed by atoms with van der Waals surface area (Å²) in [5.41, 5.74) is 1.92. The van der Waals surface area contributed by atoms with Crippen LogP contribution in [-0.4, -0.2) is 53.2 Å². The molecule has 2 atom stereocenters. The third-order valence-corrected chi connectivity index (χ3v) is 5.66. The van der Waals surface area contributed by atoms with Gasteiger partial charge >= 0.3 is 5.97 Å². The lowest BCUT2D eigenvalue weighted by Gasteiger charge is -2.37. The minimum Gasteiger partial charge on any atom is -0.465 e. The highest BCUT2D eigenvalue weighted by Gasteiger charge is 2.47. The third-order valence-electron chi connectivity index (χ3n) is 5.66. The summed E-state index contributed by atoms with van der Waals surface area (Å²) >= 11 is 0. The van der Waals surface area contributed by atoms with Gasteiger partial charge in [0, 0.05) is 32.4 Å². The van der Waals surface area contributed by atoms with Crippen LogP contribution in [0.3, 0.4) is 0 Å². The summed E-state index contributed by atoms with van der Waals surface area (Å²) in [6.45, 7) is 2.57. The number of aromatic nitrogens is 2. The molecule has 0 saturated heterocycles. The molecule has 2 aromatic carbocycles. The quantitative estimate of drug-likeness (QED) is 0.169. The molecule has 0 fully saturated rings. The average molecular weight is 452 g/mol. The van der Waals surface area contributed by atoms with Crippen LogP contribution in [0.4, 0.5) is 11.6 Å². The SMILES string of the molecule is CCOC(=O)C1C(=O)N(CCCOC)c2nc3ccccc3n2C1c1ccc([N+](=O)[O-])cc1. The fraction of sp³-hybridized carbons (Fsp3) is 0.348. The summed E-state index contributed by atoms with van der Waals surface area (Å²) in [7, 11) is 1.58. The van der Waals surface area contributed by atoms with E-state index in [1.807, 2.05) is 28.8 Å². The maximum absolute atomic E-state index is 13.7. The smallest absolute Gasteiger partial charge is 0.321 e. The summed E-state index contributed by atoms with van der Waals surface area (Å²) in [5.74, 6) is -1.82. The number of nitro benzene ring substituents is 1. The largest absolute Gasteiger partial charge is 0.465 e. The number of amides is 1. The zero-order valence-corrected chi connectivity index (χ0v) is 18.3. The minimum atomic E-state index is -1.17. The number of fused-ring (bicyclic) bond motifs is 3. The highest BCUT2D eigenvalue weighted by Crippen LogP contribution is 2.41. The van der Waals surface area contributed by atoms with Crippen molar-refractivity contribution in [3.05, 3.63) is 64.2 Å². The van der Waals surface area contributed by atoms with Gasteiger partial charge in [-0.05, 0) is 31.0 Å². The maximum atomic E-state index is 13.7. The van der Waals surface area contributed by atoms with Crippen molar-refractivity contribution in [2.24, 2.45) is 5.92 Å². The van der Waals surface area contributed by atoms with Crippen molar-refractivity contribution in [3.8, 4) is 0 Å². The van der Waals surface area contributed by atoms with Gasteiger partial charge in [0.2, 0.25) is 11.9 Å². The lowest BCUT2D eigenvalue weighted by Crippen LogP contribution is -2.50. The summed E-state index contributed by atoms with van der Waals surface area (Å²) in [4.78, 5) is 43.6. The Morgan fingerprint density at radius 2 is 1.91 bits per heavy atom. The number of carbonyl (C=O) groups excluding carboxylic acids is 2. The number of para-hydroxylation sites is 2. The van der Waals surface area contributed by atoms with Crippen molar-refractivity contribution in [2.45, 2.75) is 19.4 Å².